The first-order chi connectivity index (χ1) is 14.4. The molecule has 3 aromatic carbocycles. The highest BCUT2D eigenvalue weighted by atomic mass is 79.9. The Hall–Kier alpha value is -2.90. The Bertz CT molecular complexity index is 1120. The minimum Gasteiger partial charge on any atom is -0.482 e. The van der Waals surface area contributed by atoms with Crippen LogP contribution in [0.15, 0.2) is 65.1 Å². The van der Waals surface area contributed by atoms with E-state index in [9.17, 15) is 14.0 Å². The molecule has 0 radical (unpaired) electrons. The van der Waals surface area contributed by atoms with Crippen LogP contribution in [0, 0.1) is 5.82 Å². The monoisotopic (exact) mass is 488 g/mol. The van der Waals surface area contributed by atoms with Crippen molar-refractivity contribution in [2.45, 2.75) is 6.54 Å². The van der Waals surface area contributed by atoms with Gasteiger partial charge in [0.25, 0.3) is 11.8 Å². The van der Waals surface area contributed by atoms with Gasteiger partial charge in [-0.15, -0.1) is 0 Å². The molecular formula is C22H15BrClFN2O3. The van der Waals surface area contributed by atoms with Crippen LogP contribution in [0.4, 0.5) is 15.8 Å². The zero-order valence-corrected chi connectivity index (χ0v) is 17.8. The number of hydrogen-bond donors (Lipinski definition) is 1. The van der Waals surface area contributed by atoms with Gasteiger partial charge in [-0.05, 0) is 54.6 Å². The van der Waals surface area contributed by atoms with E-state index in [1.54, 1.807) is 48.5 Å². The number of benzene rings is 3. The number of nitrogens with one attached hydrogen (secondary N) is 1. The van der Waals surface area contributed by atoms with Crippen molar-refractivity contribution in [2.75, 3.05) is 16.8 Å². The predicted octanol–water partition coefficient (Wildman–Crippen LogP) is 5.42. The Labute approximate surface area is 185 Å². The molecule has 4 rings (SSSR count). The summed E-state index contributed by atoms with van der Waals surface area (Å²) >= 11 is 9.47. The van der Waals surface area contributed by atoms with Gasteiger partial charge in [-0.1, -0.05) is 33.6 Å². The molecular weight excluding hydrogens is 475 g/mol. The molecule has 152 valence electrons. The fourth-order valence-electron chi connectivity index (χ4n) is 3.10. The number of halogens is 3. The molecule has 3 aromatic rings. The van der Waals surface area contributed by atoms with Crippen molar-refractivity contribution in [3.63, 3.8) is 0 Å². The summed E-state index contributed by atoms with van der Waals surface area (Å²) in [5.74, 6) is -0.667. The molecule has 0 fully saturated rings. The van der Waals surface area contributed by atoms with Gasteiger partial charge in [0.05, 0.1) is 12.2 Å². The quantitative estimate of drug-likeness (QED) is 0.532. The third kappa shape index (κ3) is 4.17. The first kappa shape index (κ1) is 20.4. The zero-order valence-electron chi connectivity index (χ0n) is 15.5. The summed E-state index contributed by atoms with van der Waals surface area (Å²) in [5, 5.41) is 3.03. The SMILES string of the molecule is O=C(Nc1ccc2c(c1)N(Cc1c(F)cccc1Cl)C(=O)CO2)c1ccc(Br)cc1. The van der Waals surface area contributed by atoms with E-state index in [0.717, 1.165) is 4.47 Å². The molecule has 0 aliphatic carbocycles. The highest BCUT2D eigenvalue weighted by molar-refractivity contribution is 9.10. The summed E-state index contributed by atoms with van der Waals surface area (Å²) in [6, 6.07) is 16.3. The number of carbonyl (C=O) groups is 2. The molecule has 0 atom stereocenters. The van der Waals surface area contributed by atoms with Crippen molar-refractivity contribution in [3.05, 3.63) is 87.1 Å². The number of hydrogen-bond acceptors (Lipinski definition) is 3. The van der Waals surface area contributed by atoms with Crippen LogP contribution in [0.25, 0.3) is 0 Å². The molecule has 0 aromatic heterocycles. The van der Waals surface area contributed by atoms with Gasteiger partial charge in [0, 0.05) is 26.3 Å². The van der Waals surface area contributed by atoms with E-state index in [-0.39, 0.29) is 35.6 Å². The average Bonchev–Trinajstić information content (AvgIpc) is 2.72. The number of ether oxygens (including phenoxy) is 1. The Morgan fingerprint density at radius 1 is 1.17 bits per heavy atom. The van der Waals surface area contributed by atoms with E-state index in [0.29, 0.717) is 22.7 Å². The van der Waals surface area contributed by atoms with Gasteiger partial charge < -0.3 is 15.0 Å². The molecule has 0 saturated carbocycles. The van der Waals surface area contributed by atoms with E-state index >= 15 is 0 Å². The van der Waals surface area contributed by atoms with Crippen LogP contribution in [0.3, 0.4) is 0 Å². The number of nitrogens with zero attached hydrogens (tertiary/aromatic N) is 1. The van der Waals surface area contributed by atoms with Gasteiger partial charge in [-0.25, -0.2) is 4.39 Å². The Morgan fingerprint density at radius 2 is 1.93 bits per heavy atom. The highest BCUT2D eigenvalue weighted by Gasteiger charge is 2.27. The molecule has 2 amide bonds. The number of anilines is 2. The molecule has 1 heterocycles. The molecule has 5 nitrogen and oxygen atoms in total. The van der Waals surface area contributed by atoms with E-state index in [1.807, 2.05) is 0 Å². The van der Waals surface area contributed by atoms with Crippen LogP contribution in [-0.4, -0.2) is 18.4 Å². The van der Waals surface area contributed by atoms with Crippen molar-refractivity contribution in [2.24, 2.45) is 0 Å². The molecule has 1 N–H and O–H groups in total. The number of fused-ring (bicyclic) bond motifs is 1. The third-order valence-corrected chi connectivity index (χ3v) is 5.53. The Kier molecular flexibility index (Phi) is 5.74. The molecule has 0 spiro atoms. The lowest BCUT2D eigenvalue weighted by molar-refractivity contribution is -0.121. The van der Waals surface area contributed by atoms with Crippen molar-refractivity contribution in [1.82, 2.24) is 0 Å². The summed E-state index contributed by atoms with van der Waals surface area (Å²) in [4.78, 5) is 26.4. The standard InChI is InChI=1S/C22H15BrClFN2O3/c23-14-6-4-13(5-7-14)22(29)26-15-8-9-20-19(10-15)27(21(28)12-30-20)11-16-17(24)2-1-3-18(16)25/h1-10H,11-12H2,(H,26,29). The molecule has 1 aliphatic heterocycles. The van der Waals surface area contributed by atoms with Crippen LogP contribution in [0.1, 0.15) is 15.9 Å². The lowest BCUT2D eigenvalue weighted by atomic mass is 10.1. The normalized spacial score (nSPS) is 12.9. The highest BCUT2D eigenvalue weighted by Crippen LogP contribution is 2.36. The lowest BCUT2D eigenvalue weighted by Gasteiger charge is -2.30. The first-order valence-electron chi connectivity index (χ1n) is 8.99. The Balaban J connectivity index is 1.63. The summed E-state index contributed by atoms with van der Waals surface area (Å²) in [6.07, 6.45) is 0. The van der Waals surface area contributed by atoms with Gasteiger partial charge in [0.2, 0.25) is 0 Å². The Morgan fingerprint density at radius 3 is 2.67 bits per heavy atom. The zero-order chi connectivity index (χ0) is 21.3. The lowest BCUT2D eigenvalue weighted by Crippen LogP contribution is -2.38. The maximum Gasteiger partial charge on any atom is 0.265 e. The van der Waals surface area contributed by atoms with Gasteiger partial charge in [-0.3, -0.25) is 9.59 Å². The molecule has 0 unspecified atom stereocenters. The average molecular weight is 490 g/mol. The minimum atomic E-state index is -0.497. The van der Waals surface area contributed by atoms with E-state index < -0.39 is 5.82 Å². The smallest absolute Gasteiger partial charge is 0.265 e. The first-order valence-corrected chi connectivity index (χ1v) is 10.2. The fraction of sp³-hybridized carbons (Fsp3) is 0.0909. The fourth-order valence-corrected chi connectivity index (χ4v) is 3.59. The summed E-state index contributed by atoms with van der Waals surface area (Å²) < 4.78 is 20.6. The van der Waals surface area contributed by atoms with E-state index in [1.165, 1.54) is 17.0 Å². The largest absolute Gasteiger partial charge is 0.482 e. The van der Waals surface area contributed by atoms with Crippen LogP contribution in [0.2, 0.25) is 5.02 Å². The van der Waals surface area contributed by atoms with Gasteiger partial charge in [-0.2, -0.15) is 0 Å². The second-order valence-electron chi connectivity index (χ2n) is 6.61. The molecule has 8 heteroatoms. The van der Waals surface area contributed by atoms with Crippen molar-refractivity contribution >= 4 is 50.7 Å². The number of amides is 2. The minimum absolute atomic E-state index is 0.0508. The maximum atomic E-state index is 14.3. The predicted molar refractivity (Wildman–Crippen MR) is 117 cm³/mol. The van der Waals surface area contributed by atoms with Crippen molar-refractivity contribution in [1.29, 1.82) is 0 Å². The number of carbonyl (C=O) groups excluding carboxylic acids is 2. The topological polar surface area (TPSA) is 58.6 Å². The molecule has 1 aliphatic rings. The van der Waals surface area contributed by atoms with Crippen LogP contribution in [-0.2, 0) is 11.3 Å². The second kappa shape index (κ2) is 8.45. The van der Waals surface area contributed by atoms with Gasteiger partial charge in [0.1, 0.15) is 11.6 Å². The van der Waals surface area contributed by atoms with Crippen LogP contribution in [0.5, 0.6) is 5.75 Å². The van der Waals surface area contributed by atoms with E-state index in [2.05, 4.69) is 21.2 Å². The maximum absolute atomic E-state index is 14.3. The third-order valence-electron chi connectivity index (χ3n) is 4.64. The molecule has 0 bridgehead atoms. The van der Waals surface area contributed by atoms with Crippen molar-refractivity contribution in [3.8, 4) is 5.75 Å². The van der Waals surface area contributed by atoms with Gasteiger partial charge >= 0.3 is 0 Å². The second-order valence-corrected chi connectivity index (χ2v) is 7.94. The van der Waals surface area contributed by atoms with Gasteiger partial charge in [0.15, 0.2) is 6.61 Å². The van der Waals surface area contributed by atoms with E-state index in [4.69, 9.17) is 16.3 Å². The van der Waals surface area contributed by atoms with Crippen LogP contribution >= 0.6 is 27.5 Å². The number of rotatable bonds is 4. The van der Waals surface area contributed by atoms with Crippen LogP contribution < -0.4 is 15.0 Å². The molecule has 30 heavy (non-hydrogen) atoms. The summed E-state index contributed by atoms with van der Waals surface area (Å²) in [7, 11) is 0. The van der Waals surface area contributed by atoms with Crippen molar-refractivity contribution < 1.29 is 18.7 Å². The summed E-state index contributed by atoms with van der Waals surface area (Å²) in [6.45, 7) is -0.214. The summed E-state index contributed by atoms with van der Waals surface area (Å²) in [5.41, 5.74) is 1.60. The molecule has 0 saturated heterocycles.